The molecular weight excluding hydrogens is 426 g/mol. The number of aliphatic imine (C=N–C) groups is 1. The van der Waals surface area contributed by atoms with Crippen molar-refractivity contribution in [2.45, 2.75) is 44.5 Å². The van der Waals surface area contributed by atoms with E-state index in [0.717, 1.165) is 4.57 Å². The SMILES string of the molecule is Cn1ccnc1C(O)(CCN=C(N)NC(C)(C)C)C(F)(F)F.I. The van der Waals surface area contributed by atoms with Gasteiger partial charge in [-0.25, -0.2) is 4.98 Å². The molecule has 0 radical (unpaired) electrons. The predicted molar refractivity (Wildman–Crippen MR) is 92.6 cm³/mol. The number of rotatable bonds is 4. The number of imidazole rings is 1. The number of aryl methyl sites for hydroxylation is 1. The highest BCUT2D eigenvalue weighted by atomic mass is 127. The molecule has 1 atom stereocenters. The lowest BCUT2D eigenvalue weighted by molar-refractivity contribution is -0.272. The summed E-state index contributed by atoms with van der Waals surface area (Å²) >= 11 is 0. The molecule has 0 fully saturated rings. The van der Waals surface area contributed by atoms with Crippen LogP contribution in [0.3, 0.4) is 0 Å². The van der Waals surface area contributed by atoms with Crippen molar-refractivity contribution in [3.8, 4) is 0 Å². The molecule has 23 heavy (non-hydrogen) atoms. The minimum atomic E-state index is -4.87. The van der Waals surface area contributed by atoms with E-state index in [1.807, 2.05) is 20.8 Å². The highest BCUT2D eigenvalue weighted by Crippen LogP contribution is 2.40. The van der Waals surface area contributed by atoms with Crippen molar-refractivity contribution >= 4 is 29.9 Å². The first-order valence-corrected chi connectivity index (χ1v) is 6.72. The molecule has 0 amide bonds. The van der Waals surface area contributed by atoms with Crippen LogP contribution < -0.4 is 11.1 Å². The van der Waals surface area contributed by atoms with Gasteiger partial charge in [0.15, 0.2) is 5.96 Å². The maximum atomic E-state index is 13.2. The van der Waals surface area contributed by atoms with Crippen LogP contribution in [0.4, 0.5) is 13.2 Å². The summed E-state index contributed by atoms with van der Waals surface area (Å²) in [6.07, 6.45) is -3.00. The number of nitrogens with one attached hydrogen (secondary N) is 1. The maximum absolute atomic E-state index is 13.2. The molecule has 0 saturated carbocycles. The quantitative estimate of drug-likeness (QED) is 0.372. The lowest BCUT2D eigenvalue weighted by atomic mass is 9.98. The Morgan fingerprint density at radius 2 is 1.96 bits per heavy atom. The number of aliphatic hydroxyl groups is 1. The Morgan fingerprint density at radius 3 is 2.35 bits per heavy atom. The Labute approximate surface area is 150 Å². The Bertz CT molecular complexity index is 538. The van der Waals surface area contributed by atoms with E-state index in [1.54, 1.807) is 0 Å². The van der Waals surface area contributed by atoms with Crippen molar-refractivity contribution in [1.29, 1.82) is 0 Å². The van der Waals surface area contributed by atoms with Gasteiger partial charge in [-0.15, -0.1) is 24.0 Å². The number of alkyl halides is 3. The highest BCUT2D eigenvalue weighted by molar-refractivity contribution is 14.0. The zero-order valence-electron chi connectivity index (χ0n) is 13.5. The van der Waals surface area contributed by atoms with Crippen LogP contribution in [0, 0.1) is 0 Å². The molecule has 1 aromatic heterocycles. The predicted octanol–water partition coefficient (Wildman–Crippen LogP) is 1.88. The second-order valence-corrected chi connectivity index (χ2v) is 6.11. The number of nitrogens with two attached hydrogens (primary N) is 1. The normalized spacial score (nSPS) is 15.7. The Hall–Kier alpha value is -1.04. The van der Waals surface area contributed by atoms with Gasteiger partial charge in [-0.05, 0) is 20.8 Å². The van der Waals surface area contributed by atoms with Gasteiger partial charge < -0.3 is 20.7 Å². The smallest absolute Gasteiger partial charge is 0.374 e. The molecular formula is C13H23F3IN5O. The van der Waals surface area contributed by atoms with Crippen molar-refractivity contribution in [1.82, 2.24) is 14.9 Å². The summed E-state index contributed by atoms with van der Waals surface area (Å²) in [6, 6.07) is 0. The summed E-state index contributed by atoms with van der Waals surface area (Å²) in [4.78, 5) is 7.44. The van der Waals surface area contributed by atoms with E-state index in [1.165, 1.54) is 19.4 Å². The minimum Gasteiger partial charge on any atom is -0.374 e. The van der Waals surface area contributed by atoms with Crippen molar-refractivity contribution in [2.24, 2.45) is 17.8 Å². The standard InChI is InChI=1S/C13H22F3N5O.HI/c1-11(2,3)20-10(17)19-6-5-12(22,13(14,15)16)9-18-7-8-21(9)4;/h7-8,22H,5-6H2,1-4H3,(H3,17,19,20);1H. The van der Waals surface area contributed by atoms with Gasteiger partial charge >= 0.3 is 6.18 Å². The fraction of sp³-hybridized carbons (Fsp3) is 0.692. The monoisotopic (exact) mass is 449 g/mol. The van der Waals surface area contributed by atoms with E-state index in [-0.39, 0.29) is 42.0 Å². The van der Waals surface area contributed by atoms with Gasteiger partial charge in [-0.1, -0.05) is 0 Å². The third-order valence-corrected chi connectivity index (χ3v) is 2.92. The van der Waals surface area contributed by atoms with Gasteiger partial charge in [-0.2, -0.15) is 13.2 Å². The van der Waals surface area contributed by atoms with Crippen LogP contribution in [0.1, 0.15) is 33.0 Å². The van der Waals surface area contributed by atoms with Gasteiger partial charge in [0, 0.05) is 37.9 Å². The molecule has 0 saturated heterocycles. The Balaban J connectivity index is 0.00000484. The number of hydrogen-bond donors (Lipinski definition) is 3. The van der Waals surface area contributed by atoms with E-state index >= 15 is 0 Å². The third kappa shape index (κ3) is 5.83. The molecule has 0 aliphatic rings. The molecule has 0 spiro atoms. The first kappa shape index (κ1) is 22.0. The lowest BCUT2D eigenvalue weighted by Crippen LogP contribution is -2.46. The summed E-state index contributed by atoms with van der Waals surface area (Å²) in [5.41, 5.74) is 2.18. The number of aromatic nitrogens is 2. The summed E-state index contributed by atoms with van der Waals surface area (Å²) in [5, 5.41) is 12.9. The van der Waals surface area contributed by atoms with Crippen LogP contribution in [-0.4, -0.2) is 38.9 Å². The van der Waals surface area contributed by atoms with Crippen LogP contribution >= 0.6 is 24.0 Å². The van der Waals surface area contributed by atoms with Crippen LogP contribution in [-0.2, 0) is 12.6 Å². The average molecular weight is 449 g/mol. The molecule has 1 rings (SSSR count). The molecule has 0 aliphatic carbocycles. The van der Waals surface area contributed by atoms with Crippen LogP contribution in [0.5, 0.6) is 0 Å². The first-order chi connectivity index (χ1) is 9.87. The van der Waals surface area contributed by atoms with E-state index in [9.17, 15) is 18.3 Å². The van der Waals surface area contributed by atoms with Gasteiger partial charge in [0.25, 0.3) is 0 Å². The largest absolute Gasteiger partial charge is 0.424 e. The van der Waals surface area contributed by atoms with Gasteiger partial charge in [-0.3, -0.25) is 4.99 Å². The van der Waals surface area contributed by atoms with Crippen LogP contribution in [0.15, 0.2) is 17.4 Å². The number of halogens is 4. The Morgan fingerprint density at radius 1 is 1.39 bits per heavy atom. The summed E-state index contributed by atoms with van der Waals surface area (Å²) in [5.74, 6) is -0.450. The van der Waals surface area contributed by atoms with Crippen LogP contribution in [0.2, 0.25) is 0 Å². The Kier molecular flexibility index (Phi) is 7.34. The molecule has 1 unspecified atom stereocenters. The molecule has 134 valence electrons. The zero-order chi connectivity index (χ0) is 17.2. The molecule has 0 bridgehead atoms. The molecule has 10 heteroatoms. The molecule has 6 nitrogen and oxygen atoms in total. The number of nitrogens with zero attached hydrogens (tertiary/aromatic N) is 3. The topological polar surface area (TPSA) is 88.5 Å². The fourth-order valence-corrected chi connectivity index (χ4v) is 1.91. The van der Waals surface area contributed by atoms with Crippen molar-refractivity contribution in [2.75, 3.05) is 6.54 Å². The van der Waals surface area contributed by atoms with Gasteiger partial charge in [0.2, 0.25) is 5.60 Å². The molecule has 0 aromatic carbocycles. The second-order valence-electron chi connectivity index (χ2n) is 6.11. The number of hydrogen-bond acceptors (Lipinski definition) is 3. The van der Waals surface area contributed by atoms with E-state index < -0.39 is 24.0 Å². The fourth-order valence-electron chi connectivity index (χ4n) is 1.91. The highest BCUT2D eigenvalue weighted by Gasteiger charge is 2.57. The summed E-state index contributed by atoms with van der Waals surface area (Å²) in [7, 11) is 1.39. The minimum absolute atomic E-state index is 0. The lowest BCUT2D eigenvalue weighted by Gasteiger charge is -2.29. The average Bonchev–Trinajstić information content (AvgIpc) is 2.71. The molecule has 1 aromatic rings. The summed E-state index contributed by atoms with van der Waals surface area (Å²) < 4.78 is 40.9. The molecule has 4 N–H and O–H groups in total. The second kappa shape index (κ2) is 7.69. The number of guanidine groups is 1. The third-order valence-electron chi connectivity index (χ3n) is 2.92. The molecule has 0 aliphatic heterocycles. The van der Waals surface area contributed by atoms with Gasteiger partial charge in [0.05, 0.1) is 0 Å². The van der Waals surface area contributed by atoms with Gasteiger partial charge in [0.1, 0.15) is 5.82 Å². The van der Waals surface area contributed by atoms with Crippen molar-refractivity contribution in [3.63, 3.8) is 0 Å². The van der Waals surface area contributed by atoms with Crippen LogP contribution in [0.25, 0.3) is 0 Å². The maximum Gasteiger partial charge on any atom is 0.424 e. The summed E-state index contributed by atoms with van der Waals surface area (Å²) in [6.45, 7) is 5.23. The van der Waals surface area contributed by atoms with E-state index in [2.05, 4.69) is 15.3 Å². The van der Waals surface area contributed by atoms with Crippen molar-refractivity contribution in [3.05, 3.63) is 18.2 Å². The van der Waals surface area contributed by atoms with E-state index in [0.29, 0.717) is 0 Å². The van der Waals surface area contributed by atoms with Crippen molar-refractivity contribution < 1.29 is 18.3 Å². The van der Waals surface area contributed by atoms with E-state index in [4.69, 9.17) is 5.73 Å². The zero-order valence-corrected chi connectivity index (χ0v) is 15.8. The molecule has 1 heterocycles. The first-order valence-electron chi connectivity index (χ1n) is 6.72.